The fourth-order valence-electron chi connectivity index (χ4n) is 1.63. The standard InChI is InChI=1S/C11H11N3O3/c1-2-13-6-5-12-11(13)8-3-4-10(15)9(7-8)14(16)17/h3-7,15H,2H2,1H3. The number of aromatic hydroxyl groups is 1. The van der Waals surface area contributed by atoms with E-state index in [9.17, 15) is 15.2 Å². The van der Waals surface area contributed by atoms with Crippen LogP contribution < -0.4 is 0 Å². The number of aromatic nitrogens is 2. The molecule has 0 amide bonds. The summed E-state index contributed by atoms with van der Waals surface area (Å²) in [4.78, 5) is 14.2. The summed E-state index contributed by atoms with van der Waals surface area (Å²) < 4.78 is 1.87. The van der Waals surface area contributed by atoms with Crippen LogP contribution in [0.1, 0.15) is 6.92 Å². The third kappa shape index (κ3) is 1.96. The molecular formula is C11H11N3O3. The molecule has 0 unspecified atom stereocenters. The van der Waals surface area contributed by atoms with E-state index in [1.54, 1.807) is 18.5 Å². The summed E-state index contributed by atoms with van der Waals surface area (Å²) in [5, 5.41) is 20.1. The van der Waals surface area contributed by atoms with Crippen LogP contribution in [0.5, 0.6) is 5.75 Å². The van der Waals surface area contributed by atoms with Crippen LogP contribution in [0.2, 0.25) is 0 Å². The third-order valence-electron chi connectivity index (χ3n) is 2.49. The zero-order valence-electron chi connectivity index (χ0n) is 9.20. The van der Waals surface area contributed by atoms with E-state index >= 15 is 0 Å². The van der Waals surface area contributed by atoms with Crippen molar-refractivity contribution in [1.82, 2.24) is 9.55 Å². The number of hydrogen-bond acceptors (Lipinski definition) is 4. The van der Waals surface area contributed by atoms with Gasteiger partial charge in [0.05, 0.1) is 4.92 Å². The van der Waals surface area contributed by atoms with Gasteiger partial charge in [0.25, 0.3) is 0 Å². The first-order valence-electron chi connectivity index (χ1n) is 5.12. The van der Waals surface area contributed by atoms with Crippen molar-refractivity contribution in [1.29, 1.82) is 0 Å². The van der Waals surface area contributed by atoms with Gasteiger partial charge in [-0.3, -0.25) is 10.1 Å². The first-order valence-corrected chi connectivity index (χ1v) is 5.12. The number of rotatable bonds is 3. The van der Waals surface area contributed by atoms with Crippen LogP contribution in [-0.4, -0.2) is 19.6 Å². The number of nitro benzene ring substituents is 1. The van der Waals surface area contributed by atoms with E-state index in [1.165, 1.54) is 12.1 Å². The summed E-state index contributed by atoms with van der Waals surface area (Å²) >= 11 is 0. The van der Waals surface area contributed by atoms with Crippen molar-refractivity contribution in [3.05, 3.63) is 40.7 Å². The van der Waals surface area contributed by atoms with Gasteiger partial charge in [-0.15, -0.1) is 0 Å². The van der Waals surface area contributed by atoms with Crippen LogP contribution in [0.15, 0.2) is 30.6 Å². The van der Waals surface area contributed by atoms with Crippen molar-refractivity contribution in [3.63, 3.8) is 0 Å². The summed E-state index contributed by atoms with van der Waals surface area (Å²) in [6.07, 6.45) is 3.44. The van der Waals surface area contributed by atoms with Crippen LogP contribution in [0.3, 0.4) is 0 Å². The third-order valence-corrected chi connectivity index (χ3v) is 2.49. The van der Waals surface area contributed by atoms with Crippen LogP contribution in [0, 0.1) is 10.1 Å². The second kappa shape index (κ2) is 4.25. The van der Waals surface area contributed by atoms with Gasteiger partial charge in [-0.25, -0.2) is 4.98 Å². The number of hydrogen-bond donors (Lipinski definition) is 1. The Balaban J connectivity index is 2.54. The summed E-state index contributed by atoms with van der Waals surface area (Å²) in [6, 6.07) is 4.24. The molecule has 2 aromatic rings. The second-order valence-electron chi connectivity index (χ2n) is 3.50. The minimum absolute atomic E-state index is 0.312. The molecule has 6 heteroatoms. The van der Waals surface area contributed by atoms with E-state index in [0.29, 0.717) is 11.4 Å². The zero-order valence-corrected chi connectivity index (χ0v) is 9.20. The number of imidazole rings is 1. The lowest BCUT2D eigenvalue weighted by molar-refractivity contribution is -0.385. The van der Waals surface area contributed by atoms with Crippen molar-refractivity contribution in [2.24, 2.45) is 0 Å². The summed E-state index contributed by atoms with van der Waals surface area (Å²) in [6.45, 7) is 2.68. The van der Waals surface area contributed by atoms with Gasteiger partial charge in [-0.05, 0) is 19.1 Å². The lowest BCUT2D eigenvalue weighted by Gasteiger charge is -2.05. The number of aryl methyl sites for hydroxylation is 1. The molecule has 0 aliphatic heterocycles. The van der Waals surface area contributed by atoms with Crippen molar-refractivity contribution in [3.8, 4) is 17.1 Å². The van der Waals surface area contributed by atoms with Gasteiger partial charge in [-0.2, -0.15) is 0 Å². The molecule has 88 valence electrons. The molecule has 1 aromatic heterocycles. The van der Waals surface area contributed by atoms with E-state index in [2.05, 4.69) is 4.98 Å². The van der Waals surface area contributed by atoms with Crippen molar-refractivity contribution >= 4 is 5.69 Å². The fraction of sp³-hybridized carbons (Fsp3) is 0.182. The maximum absolute atomic E-state index is 10.7. The molecule has 0 saturated carbocycles. The number of benzene rings is 1. The molecule has 2 rings (SSSR count). The minimum atomic E-state index is -0.613. The van der Waals surface area contributed by atoms with E-state index in [4.69, 9.17) is 0 Å². The lowest BCUT2D eigenvalue weighted by atomic mass is 10.1. The first kappa shape index (κ1) is 11.1. The molecule has 0 aliphatic rings. The van der Waals surface area contributed by atoms with Crippen LogP contribution in [0.4, 0.5) is 5.69 Å². The van der Waals surface area contributed by atoms with Gasteiger partial charge >= 0.3 is 5.69 Å². The average molecular weight is 233 g/mol. The van der Waals surface area contributed by atoms with Gasteiger partial charge in [0.2, 0.25) is 0 Å². The molecule has 6 nitrogen and oxygen atoms in total. The van der Waals surface area contributed by atoms with Crippen molar-refractivity contribution in [2.75, 3.05) is 0 Å². The Kier molecular flexibility index (Phi) is 2.78. The summed E-state index contributed by atoms with van der Waals surface area (Å²) in [5.41, 5.74) is 0.300. The highest BCUT2D eigenvalue weighted by atomic mass is 16.6. The monoisotopic (exact) mass is 233 g/mol. The molecule has 0 spiro atoms. The maximum Gasteiger partial charge on any atom is 0.311 e. The second-order valence-corrected chi connectivity index (χ2v) is 3.50. The molecule has 1 heterocycles. The topological polar surface area (TPSA) is 81.2 Å². The van der Waals surface area contributed by atoms with Crippen molar-refractivity contribution < 1.29 is 10.0 Å². The largest absolute Gasteiger partial charge is 0.502 e. The molecule has 0 bridgehead atoms. The number of phenols is 1. The fourth-order valence-corrected chi connectivity index (χ4v) is 1.63. The van der Waals surface area contributed by atoms with Gasteiger partial charge in [0, 0.05) is 30.6 Å². The predicted octanol–water partition coefficient (Wildman–Crippen LogP) is 2.18. The highest BCUT2D eigenvalue weighted by molar-refractivity contribution is 5.63. The highest BCUT2D eigenvalue weighted by Crippen LogP contribution is 2.30. The normalized spacial score (nSPS) is 10.4. The molecule has 17 heavy (non-hydrogen) atoms. The maximum atomic E-state index is 10.7. The molecule has 0 fully saturated rings. The average Bonchev–Trinajstić information content (AvgIpc) is 2.77. The summed E-state index contributed by atoms with van der Waals surface area (Å²) in [7, 11) is 0. The molecule has 1 aromatic carbocycles. The minimum Gasteiger partial charge on any atom is -0.502 e. The lowest BCUT2D eigenvalue weighted by Crippen LogP contribution is -1.97. The highest BCUT2D eigenvalue weighted by Gasteiger charge is 2.16. The van der Waals surface area contributed by atoms with E-state index in [-0.39, 0.29) is 11.4 Å². The number of phenolic OH excluding ortho intramolecular Hbond substituents is 1. The van der Waals surface area contributed by atoms with Crippen molar-refractivity contribution in [2.45, 2.75) is 13.5 Å². The number of nitrogens with zero attached hydrogens (tertiary/aromatic N) is 3. The van der Waals surface area contributed by atoms with Crippen LogP contribution >= 0.6 is 0 Å². The van der Waals surface area contributed by atoms with Gasteiger partial charge in [0.1, 0.15) is 5.82 Å². The zero-order chi connectivity index (χ0) is 12.4. The van der Waals surface area contributed by atoms with Gasteiger partial charge < -0.3 is 9.67 Å². The molecular weight excluding hydrogens is 222 g/mol. The smallest absolute Gasteiger partial charge is 0.311 e. The van der Waals surface area contributed by atoms with Crippen LogP contribution in [-0.2, 0) is 6.54 Å². The van der Waals surface area contributed by atoms with E-state index < -0.39 is 4.92 Å². The van der Waals surface area contributed by atoms with Gasteiger partial charge in [0.15, 0.2) is 5.75 Å². The first-order chi connectivity index (χ1) is 8.13. The molecule has 0 saturated heterocycles. The summed E-state index contributed by atoms with van der Waals surface area (Å²) in [5.74, 6) is 0.309. The molecule has 0 atom stereocenters. The number of nitro groups is 1. The predicted molar refractivity (Wildman–Crippen MR) is 61.7 cm³/mol. The van der Waals surface area contributed by atoms with Crippen LogP contribution in [0.25, 0.3) is 11.4 Å². The Morgan fingerprint density at radius 1 is 1.53 bits per heavy atom. The quantitative estimate of drug-likeness (QED) is 0.650. The van der Waals surface area contributed by atoms with Gasteiger partial charge in [-0.1, -0.05) is 0 Å². The van der Waals surface area contributed by atoms with E-state index in [1.807, 2.05) is 11.5 Å². The molecule has 0 aliphatic carbocycles. The Morgan fingerprint density at radius 3 is 2.94 bits per heavy atom. The van der Waals surface area contributed by atoms with E-state index in [0.717, 1.165) is 6.54 Å². The Labute approximate surface area is 97.3 Å². The SMILES string of the molecule is CCn1ccnc1-c1ccc(O)c([N+](=O)[O-])c1. The molecule has 1 N–H and O–H groups in total. The Morgan fingerprint density at radius 2 is 2.29 bits per heavy atom. The Hall–Kier alpha value is -2.37. The molecule has 0 radical (unpaired) electrons. The Bertz CT molecular complexity index is 563.